The zero-order valence-corrected chi connectivity index (χ0v) is 10.4. The summed E-state index contributed by atoms with van der Waals surface area (Å²) < 4.78 is 0. The summed E-state index contributed by atoms with van der Waals surface area (Å²) >= 11 is 0. The molecule has 3 N–H and O–H groups in total. The van der Waals surface area contributed by atoms with Crippen LogP contribution in [-0.4, -0.2) is 16.7 Å². The molecule has 3 saturated carbocycles. The number of aliphatic hydroxyl groups is 1. The summed E-state index contributed by atoms with van der Waals surface area (Å²) in [4.78, 5) is 0. The second-order valence-corrected chi connectivity index (χ2v) is 6.48. The van der Waals surface area contributed by atoms with Gasteiger partial charge >= 0.3 is 0 Å². The van der Waals surface area contributed by atoms with Crippen LogP contribution in [0, 0.1) is 23.7 Å². The highest BCUT2D eigenvalue weighted by atomic mass is 16.3. The third-order valence-corrected chi connectivity index (χ3v) is 5.95. The van der Waals surface area contributed by atoms with E-state index in [2.05, 4.69) is 6.92 Å². The monoisotopic (exact) mass is 223 g/mol. The van der Waals surface area contributed by atoms with E-state index in [0.29, 0.717) is 23.7 Å². The van der Waals surface area contributed by atoms with E-state index in [1.807, 2.05) is 0 Å². The molecule has 6 atom stereocenters. The fourth-order valence-corrected chi connectivity index (χ4v) is 5.14. The van der Waals surface area contributed by atoms with Crippen LogP contribution in [0.4, 0.5) is 0 Å². The highest BCUT2D eigenvalue weighted by Crippen LogP contribution is 2.55. The van der Waals surface area contributed by atoms with Crippen LogP contribution in [0.25, 0.3) is 0 Å². The van der Waals surface area contributed by atoms with Crippen molar-refractivity contribution in [3.8, 4) is 0 Å². The van der Waals surface area contributed by atoms with Crippen LogP contribution in [0.1, 0.15) is 51.9 Å². The van der Waals surface area contributed by atoms with Crippen LogP contribution in [0.2, 0.25) is 0 Å². The smallest absolute Gasteiger partial charge is 0.0721 e. The Morgan fingerprint density at radius 2 is 1.81 bits per heavy atom. The van der Waals surface area contributed by atoms with E-state index in [4.69, 9.17) is 5.73 Å². The highest BCUT2D eigenvalue weighted by molar-refractivity contribution is 5.09. The normalized spacial score (nSPS) is 56.8. The Morgan fingerprint density at radius 3 is 2.62 bits per heavy atom. The van der Waals surface area contributed by atoms with Crippen molar-refractivity contribution in [2.45, 2.75) is 63.5 Å². The lowest BCUT2D eigenvalue weighted by molar-refractivity contribution is -0.174. The molecule has 2 heteroatoms. The van der Waals surface area contributed by atoms with E-state index in [1.54, 1.807) is 0 Å². The Morgan fingerprint density at radius 1 is 1.06 bits per heavy atom. The molecule has 0 radical (unpaired) electrons. The summed E-state index contributed by atoms with van der Waals surface area (Å²) in [5, 5.41) is 11.1. The first kappa shape index (κ1) is 11.0. The van der Waals surface area contributed by atoms with E-state index in [9.17, 15) is 5.11 Å². The predicted octanol–water partition coefficient (Wildman–Crippen LogP) is 2.30. The minimum absolute atomic E-state index is 0.267. The highest BCUT2D eigenvalue weighted by Gasteiger charge is 2.57. The van der Waals surface area contributed by atoms with E-state index in [1.165, 1.54) is 32.1 Å². The van der Waals surface area contributed by atoms with Crippen LogP contribution in [0.5, 0.6) is 0 Å². The third-order valence-electron chi connectivity index (χ3n) is 5.95. The molecule has 0 aliphatic heterocycles. The van der Waals surface area contributed by atoms with Gasteiger partial charge < -0.3 is 10.8 Å². The minimum atomic E-state index is -0.409. The maximum Gasteiger partial charge on any atom is 0.0721 e. The molecule has 0 saturated heterocycles. The van der Waals surface area contributed by atoms with Gasteiger partial charge in [0.1, 0.15) is 0 Å². The molecule has 6 unspecified atom stereocenters. The van der Waals surface area contributed by atoms with Crippen LogP contribution >= 0.6 is 0 Å². The van der Waals surface area contributed by atoms with E-state index >= 15 is 0 Å². The molecule has 0 spiro atoms. The van der Waals surface area contributed by atoms with Gasteiger partial charge in [-0.1, -0.05) is 26.2 Å². The van der Waals surface area contributed by atoms with Crippen LogP contribution in [0.15, 0.2) is 0 Å². The summed E-state index contributed by atoms with van der Waals surface area (Å²) in [7, 11) is 0. The molecule has 3 rings (SSSR count). The second kappa shape index (κ2) is 3.71. The van der Waals surface area contributed by atoms with Gasteiger partial charge in [0.25, 0.3) is 0 Å². The number of fused-ring (bicyclic) bond motifs is 4. The Labute approximate surface area is 98.6 Å². The van der Waals surface area contributed by atoms with Gasteiger partial charge in [-0.25, -0.2) is 0 Å². The van der Waals surface area contributed by atoms with E-state index in [0.717, 1.165) is 12.8 Å². The van der Waals surface area contributed by atoms with E-state index in [-0.39, 0.29) is 6.04 Å². The first-order valence-corrected chi connectivity index (χ1v) is 7.12. The second-order valence-electron chi connectivity index (χ2n) is 6.48. The zero-order chi connectivity index (χ0) is 11.3. The lowest BCUT2D eigenvalue weighted by Gasteiger charge is -2.59. The molecule has 2 nitrogen and oxygen atoms in total. The fraction of sp³-hybridized carbons (Fsp3) is 1.00. The van der Waals surface area contributed by atoms with E-state index < -0.39 is 5.60 Å². The average molecular weight is 223 g/mol. The first-order valence-electron chi connectivity index (χ1n) is 7.12. The van der Waals surface area contributed by atoms with Crippen molar-refractivity contribution in [2.75, 3.05) is 0 Å². The van der Waals surface area contributed by atoms with Gasteiger partial charge in [0.15, 0.2) is 0 Å². The maximum absolute atomic E-state index is 11.1. The van der Waals surface area contributed by atoms with Crippen LogP contribution in [-0.2, 0) is 0 Å². The Kier molecular flexibility index (Phi) is 2.56. The van der Waals surface area contributed by atoms with Crippen LogP contribution in [0.3, 0.4) is 0 Å². The molecule has 2 bridgehead atoms. The third kappa shape index (κ3) is 1.32. The van der Waals surface area contributed by atoms with Crippen molar-refractivity contribution in [1.29, 1.82) is 0 Å². The van der Waals surface area contributed by atoms with Gasteiger partial charge in [-0.2, -0.15) is 0 Å². The van der Waals surface area contributed by atoms with Gasteiger partial charge in [0.2, 0.25) is 0 Å². The fourth-order valence-electron chi connectivity index (χ4n) is 5.14. The molecule has 92 valence electrons. The van der Waals surface area contributed by atoms with Crippen molar-refractivity contribution in [2.24, 2.45) is 29.4 Å². The predicted molar refractivity (Wildman–Crippen MR) is 64.9 cm³/mol. The lowest BCUT2D eigenvalue weighted by Crippen LogP contribution is -2.65. The van der Waals surface area contributed by atoms with Gasteiger partial charge in [-0.3, -0.25) is 0 Å². The summed E-state index contributed by atoms with van der Waals surface area (Å²) in [6.45, 7) is 2.34. The number of rotatable bonds is 0. The Hall–Kier alpha value is -0.0800. The minimum Gasteiger partial charge on any atom is -0.389 e. The molecular weight excluding hydrogens is 198 g/mol. The van der Waals surface area contributed by atoms with Gasteiger partial charge in [0, 0.05) is 12.0 Å². The van der Waals surface area contributed by atoms with Crippen molar-refractivity contribution in [3.05, 3.63) is 0 Å². The van der Waals surface area contributed by atoms with Crippen LogP contribution < -0.4 is 5.73 Å². The van der Waals surface area contributed by atoms with Gasteiger partial charge in [-0.15, -0.1) is 0 Å². The molecule has 3 fully saturated rings. The SMILES string of the molecule is CC1C2CCCC(C2N)C2(O)CCCCC12. The summed E-state index contributed by atoms with van der Waals surface area (Å²) in [5.74, 6) is 2.25. The van der Waals surface area contributed by atoms with Crippen molar-refractivity contribution < 1.29 is 5.11 Å². The number of hydrogen-bond acceptors (Lipinski definition) is 2. The molecule has 0 amide bonds. The first-order chi connectivity index (χ1) is 7.64. The Balaban J connectivity index is 1.96. The molecule has 3 aliphatic carbocycles. The quantitative estimate of drug-likeness (QED) is 0.662. The molecule has 0 heterocycles. The molecule has 0 aromatic carbocycles. The topological polar surface area (TPSA) is 46.2 Å². The zero-order valence-electron chi connectivity index (χ0n) is 10.4. The molecular formula is C14H25NO. The molecule has 3 aliphatic rings. The average Bonchev–Trinajstić information content (AvgIpc) is 2.27. The standard InChI is InChI=1S/C14H25NO/c1-9-10-5-4-7-12(13(10)15)14(16)8-3-2-6-11(9)14/h9-13,16H,2-8,15H2,1H3. The van der Waals surface area contributed by atoms with Crippen molar-refractivity contribution in [3.63, 3.8) is 0 Å². The Bertz CT molecular complexity index is 274. The molecule has 16 heavy (non-hydrogen) atoms. The maximum atomic E-state index is 11.1. The lowest BCUT2D eigenvalue weighted by atomic mass is 9.50. The van der Waals surface area contributed by atoms with Crippen molar-refractivity contribution in [1.82, 2.24) is 0 Å². The van der Waals surface area contributed by atoms with Gasteiger partial charge in [0.05, 0.1) is 5.60 Å². The largest absolute Gasteiger partial charge is 0.389 e. The number of nitrogens with two attached hydrogens (primary N) is 1. The summed E-state index contributed by atoms with van der Waals surface area (Å²) in [6, 6.07) is 0.267. The summed E-state index contributed by atoms with van der Waals surface area (Å²) in [5.41, 5.74) is 6.00. The molecule has 0 aromatic rings. The summed E-state index contributed by atoms with van der Waals surface area (Å²) in [6.07, 6.45) is 8.50. The number of hydrogen-bond donors (Lipinski definition) is 2. The molecule has 0 aromatic heterocycles. The van der Waals surface area contributed by atoms with Gasteiger partial charge in [-0.05, 0) is 43.4 Å². The van der Waals surface area contributed by atoms with Crippen molar-refractivity contribution >= 4 is 0 Å².